The Labute approximate surface area is 107 Å². The zero-order valence-corrected chi connectivity index (χ0v) is 11.9. The number of halogens is 1. The van der Waals surface area contributed by atoms with Crippen LogP contribution in [0, 0.1) is 12.8 Å². The molecule has 0 bridgehead atoms. The number of rotatable bonds is 5. The SMILES string of the molecule is CCC(CC)CC(O)c1cc(C)cc(Br)c1. The minimum Gasteiger partial charge on any atom is -0.388 e. The zero-order valence-electron chi connectivity index (χ0n) is 10.3. The van der Waals surface area contributed by atoms with Gasteiger partial charge >= 0.3 is 0 Å². The minimum atomic E-state index is -0.332. The maximum Gasteiger partial charge on any atom is 0.0793 e. The molecule has 1 unspecified atom stereocenters. The van der Waals surface area contributed by atoms with Crippen molar-refractivity contribution in [1.82, 2.24) is 0 Å². The van der Waals surface area contributed by atoms with Gasteiger partial charge in [0, 0.05) is 4.47 Å². The summed E-state index contributed by atoms with van der Waals surface area (Å²) in [4.78, 5) is 0. The number of hydrogen-bond donors (Lipinski definition) is 1. The number of hydrogen-bond acceptors (Lipinski definition) is 1. The lowest BCUT2D eigenvalue weighted by Gasteiger charge is -2.18. The van der Waals surface area contributed by atoms with Crippen LogP contribution < -0.4 is 0 Å². The van der Waals surface area contributed by atoms with E-state index >= 15 is 0 Å². The molecule has 16 heavy (non-hydrogen) atoms. The van der Waals surface area contributed by atoms with Gasteiger partial charge in [-0.2, -0.15) is 0 Å². The summed E-state index contributed by atoms with van der Waals surface area (Å²) in [6.07, 6.45) is 2.81. The Morgan fingerprint density at radius 3 is 2.31 bits per heavy atom. The van der Waals surface area contributed by atoms with E-state index in [1.165, 1.54) is 5.56 Å². The number of benzene rings is 1. The van der Waals surface area contributed by atoms with Crippen molar-refractivity contribution >= 4 is 15.9 Å². The van der Waals surface area contributed by atoms with E-state index < -0.39 is 0 Å². The Kier molecular flexibility index (Phi) is 5.50. The molecule has 1 N–H and O–H groups in total. The van der Waals surface area contributed by atoms with Crippen molar-refractivity contribution in [2.45, 2.75) is 46.1 Å². The number of aryl methyl sites for hydroxylation is 1. The van der Waals surface area contributed by atoms with Gasteiger partial charge in [0.2, 0.25) is 0 Å². The second-order valence-electron chi connectivity index (χ2n) is 4.50. The maximum absolute atomic E-state index is 10.2. The van der Waals surface area contributed by atoms with Crippen molar-refractivity contribution in [3.63, 3.8) is 0 Å². The van der Waals surface area contributed by atoms with Crippen LogP contribution in [-0.4, -0.2) is 5.11 Å². The third-order valence-electron chi connectivity index (χ3n) is 3.16. The van der Waals surface area contributed by atoms with Gasteiger partial charge in [0.05, 0.1) is 6.10 Å². The van der Waals surface area contributed by atoms with Crippen LogP contribution in [0.5, 0.6) is 0 Å². The lowest BCUT2D eigenvalue weighted by molar-refractivity contribution is 0.141. The quantitative estimate of drug-likeness (QED) is 0.837. The zero-order chi connectivity index (χ0) is 12.1. The fourth-order valence-electron chi connectivity index (χ4n) is 2.03. The highest BCUT2D eigenvalue weighted by atomic mass is 79.9. The predicted octanol–water partition coefficient (Wildman–Crippen LogP) is 4.62. The monoisotopic (exact) mass is 284 g/mol. The number of aliphatic hydroxyl groups excluding tert-OH is 1. The molecular weight excluding hydrogens is 264 g/mol. The molecule has 0 fully saturated rings. The van der Waals surface area contributed by atoms with E-state index in [9.17, 15) is 5.11 Å². The van der Waals surface area contributed by atoms with Gasteiger partial charge < -0.3 is 5.11 Å². The molecule has 2 heteroatoms. The van der Waals surface area contributed by atoms with Crippen molar-refractivity contribution in [3.05, 3.63) is 33.8 Å². The Morgan fingerprint density at radius 1 is 1.19 bits per heavy atom. The average molecular weight is 285 g/mol. The fourth-order valence-corrected chi connectivity index (χ4v) is 2.66. The van der Waals surface area contributed by atoms with E-state index in [-0.39, 0.29) is 6.10 Å². The predicted molar refractivity (Wildman–Crippen MR) is 72.5 cm³/mol. The first-order valence-electron chi connectivity index (χ1n) is 6.02. The Balaban J connectivity index is 2.75. The second-order valence-corrected chi connectivity index (χ2v) is 5.41. The first-order chi connectivity index (χ1) is 7.56. The summed E-state index contributed by atoms with van der Waals surface area (Å²) >= 11 is 3.47. The van der Waals surface area contributed by atoms with E-state index in [1.54, 1.807) is 0 Å². The summed E-state index contributed by atoms with van der Waals surface area (Å²) < 4.78 is 1.05. The topological polar surface area (TPSA) is 20.2 Å². The molecule has 1 atom stereocenters. The lowest BCUT2D eigenvalue weighted by Crippen LogP contribution is -2.06. The molecule has 0 radical (unpaired) electrons. The Bertz CT molecular complexity index is 311. The van der Waals surface area contributed by atoms with Gasteiger partial charge in [-0.1, -0.05) is 48.7 Å². The summed E-state index contributed by atoms with van der Waals surface area (Å²) in [6.45, 7) is 6.43. The van der Waals surface area contributed by atoms with Crippen molar-refractivity contribution in [2.24, 2.45) is 5.92 Å². The Hall–Kier alpha value is -0.340. The summed E-state index contributed by atoms with van der Waals surface area (Å²) in [6, 6.07) is 6.14. The van der Waals surface area contributed by atoms with Crippen LogP contribution in [0.15, 0.2) is 22.7 Å². The molecule has 0 amide bonds. The number of aliphatic hydroxyl groups is 1. The van der Waals surface area contributed by atoms with Gasteiger partial charge in [-0.25, -0.2) is 0 Å². The fraction of sp³-hybridized carbons (Fsp3) is 0.571. The van der Waals surface area contributed by atoms with E-state index in [4.69, 9.17) is 0 Å². The standard InChI is InChI=1S/C14H21BrO/c1-4-11(5-2)8-14(16)12-6-10(3)7-13(15)9-12/h6-7,9,11,14,16H,4-5,8H2,1-3H3. The first-order valence-corrected chi connectivity index (χ1v) is 6.81. The molecule has 0 aliphatic rings. The van der Waals surface area contributed by atoms with Gasteiger partial charge in [0.25, 0.3) is 0 Å². The van der Waals surface area contributed by atoms with Gasteiger partial charge in [-0.05, 0) is 42.5 Å². The maximum atomic E-state index is 10.2. The molecule has 0 aliphatic heterocycles. The molecule has 1 rings (SSSR count). The molecule has 0 saturated carbocycles. The molecule has 0 aliphatic carbocycles. The molecule has 0 aromatic heterocycles. The minimum absolute atomic E-state index is 0.332. The van der Waals surface area contributed by atoms with Gasteiger partial charge in [-0.3, -0.25) is 0 Å². The van der Waals surface area contributed by atoms with Crippen LogP contribution in [0.2, 0.25) is 0 Å². The van der Waals surface area contributed by atoms with Crippen LogP contribution in [0.1, 0.15) is 50.3 Å². The van der Waals surface area contributed by atoms with Crippen molar-refractivity contribution in [2.75, 3.05) is 0 Å². The normalized spacial score (nSPS) is 13.1. The molecular formula is C14H21BrO. The van der Waals surface area contributed by atoms with Crippen molar-refractivity contribution in [1.29, 1.82) is 0 Å². The molecule has 0 spiro atoms. The third kappa shape index (κ3) is 3.91. The second kappa shape index (κ2) is 6.41. The average Bonchev–Trinajstić information content (AvgIpc) is 2.24. The molecule has 0 heterocycles. The van der Waals surface area contributed by atoms with Crippen LogP contribution >= 0.6 is 15.9 Å². The van der Waals surface area contributed by atoms with Gasteiger partial charge in [0.15, 0.2) is 0 Å². The smallest absolute Gasteiger partial charge is 0.0793 e. The van der Waals surface area contributed by atoms with E-state index in [0.29, 0.717) is 5.92 Å². The lowest BCUT2D eigenvalue weighted by atomic mass is 9.92. The van der Waals surface area contributed by atoms with Crippen molar-refractivity contribution in [3.8, 4) is 0 Å². The van der Waals surface area contributed by atoms with E-state index in [2.05, 4.69) is 48.8 Å². The summed E-state index contributed by atoms with van der Waals surface area (Å²) in [5.41, 5.74) is 2.21. The molecule has 90 valence electrons. The molecule has 1 aromatic rings. The van der Waals surface area contributed by atoms with Crippen LogP contribution in [-0.2, 0) is 0 Å². The van der Waals surface area contributed by atoms with Crippen molar-refractivity contribution < 1.29 is 5.11 Å². The highest BCUT2D eigenvalue weighted by Crippen LogP contribution is 2.27. The molecule has 1 aromatic carbocycles. The third-order valence-corrected chi connectivity index (χ3v) is 3.62. The Morgan fingerprint density at radius 2 is 1.81 bits per heavy atom. The summed E-state index contributed by atoms with van der Waals surface area (Å²) in [5, 5.41) is 10.2. The largest absolute Gasteiger partial charge is 0.388 e. The highest BCUT2D eigenvalue weighted by molar-refractivity contribution is 9.10. The first kappa shape index (κ1) is 13.7. The molecule has 1 nitrogen and oxygen atoms in total. The van der Waals surface area contributed by atoms with Crippen LogP contribution in [0.4, 0.5) is 0 Å². The summed E-state index contributed by atoms with van der Waals surface area (Å²) in [5.74, 6) is 0.620. The summed E-state index contributed by atoms with van der Waals surface area (Å²) in [7, 11) is 0. The van der Waals surface area contributed by atoms with Crippen LogP contribution in [0.25, 0.3) is 0 Å². The van der Waals surface area contributed by atoms with E-state index in [1.807, 2.05) is 6.07 Å². The molecule has 0 saturated heterocycles. The van der Waals surface area contributed by atoms with E-state index in [0.717, 1.165) is 29.3 Å². The van der Waals surface area contributed by atoms with Gasteiger partial charge in [0.1, 0.15) is 0 Å². The highest BCUT2D eigenvalue weighted by Gasteiger charge is 2.13. The van der Waals surface area contributed by atoms with Gasteiger partial charge in [-0.15, -0.1) is 0 Å². The van der Waals surface area contributed by atoms with Crippen LogP contribution in [0.3, 0.4) is 0 Å².